The molecule has 1 aliphatic rings. The lowest BCUT2D eigenvalue weighted by Crippen LogP contribution is -2.39. The molecule has 0 unspecified atom stereocenters. The molecule has 1 saturated heterocycles. The standard InChI is InChI=1S/C16H25FN2/c1-16(2,14-5-3-4-6-15(14)17)12-19-11-13-7-9-18-10-8-13/h3-6,13,18-19H,7-12H2,1-2H3. The third kappa shape index (κ3) is 4.02. The molecule has 2 rings (SSSR count). The van der Waals surface area contributed by atoms with Crippen LogP contribution in [0.15, 0.2) is 24.3 Å². The minimum atomic E-state index is -0.168. The summed E-state index contributed by atoms with van der Waals surface area (Å²) in [6, 6.07) is 7.09. The highest BCUT2D eigenvalue weighted by Gasteiger charge is 2.24. The van der Waals surface area contributed by atoms with Crippen molar-refractivity contribution in [3.63, 3.8) is 0 Å². The van der Waals surface area contributed by atoms with Gasteiger partial charge < -0.3 is 10.6 Å². The maximum absolute atomic E-state index is 13.8. The molecule has 0 bridgehead atoms. The van der Waals surface area contributed by atoms with Crippen molar-refractivity contribution in [2.75, 3.05) is 26.2 Å². The highest BCUT2D eigenvalue weighted by atomic mass is 19.1. The minimum absolute atomic E-state index is 0.101. The van der Waals surface area contributed by atoms with Gasteiger partial charge in [0, 0.05) is 12.0 Å². The third-order valence-electron chi connectivity index (χ3n) is 4.06. The Morgan fingerprint density at radius 2 is 1.95 bits per heavy atom. The molecule has 0 saturated carbocycles. The van der Waals surface area contributed by atoms with Gasteiger partial charge in [-0.05, 0) is 50.0 Å². The predicted molar refractivity (Wildman–Crippen MR) is 77.9 cm³/mol. The van der Waals surface area contributed by atoms with Gasteiger partial charge in [0.05, 0.1) is 0 Å². The number of halogens is 1. The van der Waals surface area contributed by atoms with Crippen molar-refractivity contribution in [3.8, 4) is 0 Å². The molecule has 1 aromatic rings. The summed E-state index contributed by atoms with van der Waals surface area (Å²) in [5.74, 6) is 0.661. The second kappa shape index (κ2) is 6.49. The highest BCUT2D eigenvalue weighted by molar-refractivity contribution is 5.25. The Hall–Kier alpha value is -0.930. The summed E-state index contributed by atoms with van der Waals surface area (Å²) in [5, 5.41) is 6.90. The molecular formula is C16H25FN2. The molecule has 0 aliphatic carbocycles. The molecule has 0 radical (unpaired) electrons. The maximum Gasteiger partial charge on any atom is 0.126 e. The van der Waals surface area contributed by atoms with E-state index in [2.05, 4.69) is 24.5 Å². The van der Waals surface area contributed by atoms with E-state index in [1.54, 1.807) is 12.1 Å². The summed E-state index contributed by atoms with van der Waals surface area (Å²) in [6.45, 7) is 8.31. The fourth-order valence-electron chi connectivity index (χ4n) is 2.78. The number of piperidine rings is 1. The van der Waals surface area contributed by atoms with Crippen LogP contribution in [0.5, 0.6) is 0 Å². The van der Waals surface area contributed by atoms with Gasteiger partial charge in [0.1, 0.15) is 5.82 Å². The van der Waals surface area contributed by atoms with Crippen LogP contribution in [0.3, 0.4) is 0 Å². The number of hydrogen-bond donors (Lipinski definition) is 2. The molecule has 19 heavy (non-hydrogen) atoms. The summed E-state index contributed by atoms with van der Waals surface area (Å²) < 4.78 is 13.8. The number of benzene rings is 1. The van der Waals surface area contributed by atoms with Crippen molar-refractivity contribution < 1.29 is 4.39 Å². The molecule has 1 fully saturated rings. The fourth-order valence-corrected chi connectivity index (χ4v) is 2.78. The SMILES string of the molecule is CC(C)(CNCC1CCNCC1)c1ccccc1F. The second-order valence-corrected chi connectivity index (χ2v) is 6.19. The number of rotatable bonds is 5. The Labute approximate surface area is 115 Å². The second-order valence-electron chi connectivity index (χ2n) is 6.19. The van der Waals surface area contributed by atoms with E-state index in [4.69, 9.17) is 0 Å². The van der Waals surface area contributed by atoms with Gasteiger partial charge >= 0.3 is 0 Å². The highest BCUT2D eigenvalue weighted by Crippen LogP contribution is 2.25. The molecule has 0 atom stereocenters. The maximum atomic E-state index is 13.8. The van der Waals surface area contributed by atoms with E-state index >= 15 is 0 Å². The number of hydrogen-bond acceptors (Lipinski definition) is 2. The molecular weight excluding hydrogens is 239 g/mol. The first-order valence-corrected chi connectivity index (χ1v) is 7.26. The summed E-state index contributed by atoms with van der Waals surface area (Å²) in [4.78, 5) is 0. The lowest BCUT2D eigenvalue weighted by molar-refractivity contribution is 0.340. The van der Waals surface area contributed by atoms with E-state index in [0.29, 0.717) is 0 Å². The van der Waals surface area contributed by atoms with Crippen LogP contribution in [0, 0.1) is 11.7 Å². The molecule has 2 nitrogen and oxygen atoms in total. The largest absolute Gasteiger partial charge is 0.317 e. The first-order chi connectivity index (χ1) is 9.09. The van der Waals surface area contributed by atoms with Crippen molar-refractivity contribution in [2.45, 2.75) is 32.1 Å². The summed E-state index contributed by atoms with van der Waals surface area (Å²) in [6.07, 6.45) is 2.49. The molecule has 1 aromatic carbocycles. The van der Waals surface area contributed by atoms with Crippen LogP contribution in [0.4, 0.5) is 4.39 Å². The van der Waals surface area contributed by atoms with Crippen molar-refractivity contribution in [3.05, 3.63) is 35.6 Å². The Bertz CT molecular complexity index is 397. The lowest BCUT2D eigenvalue weighted by Gasteiger charge is -2.28. The van der Waals surface area contributed by atoms with Gasteiger partial charge in [0.25, 0.3) is 0 Å². The van der Waals surface area contributed by atoms with Gasteiger partial charge in [-0.15, -0.1) is 0 Å². The van der Waals surface area contributed by atoms with Crippen LogP contribution < -0.4 is 10.6 Å². The van der Waals surface area contributed by atoms with Crippen LogP contribution in [-0.4, -0.2) is 26.2 Å². The quantitative estimate of drug-likeness (QED) is 0.854. The van der Waals surface area contributed by atoms with Crippen molar-refractivity contribution in [1.82, 2.24) is 10.6 Å². The summed E-state index contributed by atoms with van der Waals surface area (Å²) in [7, 11) is 0. The van der Waals surface area contributed by atoms with E-state index in [1.807, 2.05) is 12.1 Å². The molecule has 1 aliphatic heterocycles. The molecule has 2 N–H and O–H groups in total. The molecule has 0 amide bonds. The zero-order chi connectivity index (χ0) is 13.7. The lowest BCUT2D eigenvalue weighted by atomic mass is 9.84. The Kier molecular flexibility index (Phi) is 4.94. The first kappa shape index (κ1) is 14.5. The fraction of sp³-hybridized carbons (Fsp3) is 0.625. The van der Waals surface area contributed by atoms with E-state index in [0.717, 1.165) is 37.7 Å². The Balaban J connectivity index is 1.85. The van der Waals surface area contributed by atoms with Gasteiger partial charge in [-0.1, -0.05) is 32.0 Å². The number of nitrogens with one attached hydrogen (secondary N) is 2. The van der Waals surface area contributed by atoms with Gasteiger partial charge in [-0.3, -0.25) is 0 Å². The van der Waals surface area contributed by atoms with E-state index in [1.165, 1.54) is 12.8 Å². The average molecular weight is 264 g/mol. The van der Waals surface area contributed by atoms with Crippen LogP contribution in [0.1, 0.15) is 32.3 Å². The van der Waals surface area contributed by atoms with Gasteiger partial charge in [-0.25, -0.2) is 4.39 Å². The van der Waals surface area contributed by atoms with Gasteiger partial charge in [-0.2, -0.15) is 0 Å². The van der Waals surface area contributed by atoms with Gasteiger partial charge in [0.2, 0.25) is 0 Å². The minimum Gasteiger partial charge on any atom is -0.317 e. The predicted octanol–water partition coefficient (Wildman–Crippen LogP) is 2.69. The van der Waals surface area contributed by atoms with Gasteiger partial charge in [0.15, 0.2) is 0 Å². The normalized spacial score (nSPS) is 17.6. The Morgan fingerprint density at radius 3 is 2.63 bits per heavy atom. The first-order valence-electron chi connectivity index (χ1n) is 7.26. The van der Waals surface area contributed by atoms with Crippen molar-refractivity contribution >= 4 is 0 Å². The van der Waals surface area contributed by atoms with Crippen LogP contribution in [-0.2, 0) is 5.41 Å². The van der Waals surface area contributed by atoms with Crippen LogP contribution >= 0.6 is 0 Å². The summed E-state index contributed by atoms with van der Waals surface area (Å²) >= 11 is 0. The monoisotopic (exact) mass is 264 g/mol. The molecule has 0 aromatic heterocycles. The average Bonchev–Trinajstić information content (AvgIpc) is 2.40. The molecule has 3 heteroatoms. The van der Waals surface area contributed by atoms with Crippen LogP contribution in [0.25, 0.3) is 0 Å². The zero-order valence-corrected chi connectivity index (χ0v) is 12.0. The van der Waals surface area contributed by atoms with E-state index in [9.17, 15) is 4.39 Å². The third-order valence-corrected chi connectivity index (χ3v) is 4.06. The van der Waals surface area contributed by atoms with E-state index < -0.39 is 0 Å². The van der Waals surface area contributed by atoms with E-state index in [-0.39, 0.29) is 11.2 Å². The van der Waals surface area contributed by atoms with Crippen LogP contribution in [0.2, 0.25) is 0 Å². The molecule has 106 valence electrons. The summed E-state index contributed by atoms with van der Waals surface area (Å²) in [5.41, 5.74) is 0.631. The zero-order valence-electron chi connectivity index (χ0n) is 12.0. The topological polar surface area (TPSA) is 24.1 Å². The van der Waals surface area contributed by atoms with Crippen molar-refractivity contribution in [2.24, 2.45) is 5.92 Å². The smallest absolute Gasteiger partial charge is 0.126 e. The molecule has 0 spiro atoms. The Morgan fingerprint density at radius 1 is 1.26 bits per heavy atom. The van der Waals surface area contributed by atoms with Crippen molar-refractivity contribution in [1.29, 1.82) is 0 Å². The molecule has 1 heterocycles.